The topological polar surface area (TPSA) is 86.8 Å². The standard InChI is InChI=1S/C23H27N3O4S/c1-17-9-11-21(12-10-17)31(29,30)25-13-3-5-18(16-25)23(28)24-19-6-2-7-20(15-19)26-14-4-8-22(26)27/h2,6-7,9-12,15,18H,3-5,8,13-14,16H2,1H3,(H,24,28). The quantitative estimate of drug-likeness (QED) is 0.772. The van der Waals surface area contributed by atoms with Crippen molar-refractivity contribution in [3.8, 4) is 0 Å². The molecule has 2 fully saturated rings. The molecule has 2 aliphatic heterocycles. The summed E-state index contributed by atoms with van der Waals surface area (Å²) in [6.07, 6.45) is 2.65. The van der Waals surface area contributed by atoms with E-state index in [4.69, 9.17) is 0 Å². The van der Waals surface area contributed by atoms with Crippen molar-refractivity contribution in [3.63, 3.8) is 0 Å². The third-order valence-electron chi connectivity index (χ3n) is 5.91. The molecule has 0 aliphatic carbocycles. The van der Waals surface area contributed by atoms with Gasteiger partial charge in [-0.15, -0.1) is 0 Å². The molecule has 2 aromatic carbocycles. The predicted molar refractivity (Wildman–Crippen MR) is 119 cm³/mol. The average Bonchev–Trinajstić information content (AvgIpc) is 3.20. The number of piperidine rings is 1. The number of sulfonamides is 1. The van der Waals surface area contributed by atoms with Gasteiger partial charge in [-0.3, -0.25) is 9.59 Å². The SMILES string of the molecule is Cc1ccc(S(=O)(=O)N2CCCC(C(=O)Nc3cccc(N4CCCC4=O)c3)C2)cc1. The van der Waals surface area contributed by atoms with Crippen molar-refractivity contribution in [3.05, 3.63) is 54.1 Å². The van der Waals surface area contributed by atoms with Crippen molar-refractivity contribution >= 4 is 33.2 Å². The summed E-state index contributed by atoms with van der Waals surface area (Å²) in [6, 6.07) is 14.0. The van der Waals surface area contributed by atoms with E-state index in [2.05, 4.69) is 5.32 Å². The highest BCUT2D eigenvalue weighted by Gasteiger charge is 2.33. The minimum absolute atomic E-state index is 0.0905. The van der Waals surface area contributed by atoms with Crippen LogP contribution < -0.4 is 10.2 Å². The van der Waals surface area contributed by atoms with Gasteiger partial charge in [0.1, 0.15) is 0 Å². The summed E-state index contributed by atoms with van der Waals surface area (Å²) < 4.78 is 27.4. The molecule has 0 saturated carbocycles. The number of amides is 2. The Morgan fingerprint density at radius 2 is 1.84 bits per heavy atom. The maximum atomic E-state index is 13.0. The average molecular weight is 442 g/mol. The Morgan fingerprint density at radius 3 is 2.55 bits per heavy atom. The minimum atomic E-state index is -3.63. The molecule has 4 rings (SSSR count). The Hall–Kier alpha value is -2.71. The molecule has 2 saturated heterocycles. The number of carbonyl (C=O) groups is 2. The highest BCUT2D eigenvalue weighted by atomic mass is 32.2. The number of rotatable bonds is 5. The normalized spacial score (nSPS) is 20.1. The van der Waals surface area contributed by atoms with Crippen LogP contribution in [0.4, 0.5) is 11.4 Å². The summed E-state index contributed by atoms with van der Waals surface area (Å²) in [4.78, 5) is 26.9. The van der Waals surface area contributed by atoms with Crippen LogP contribution in [0.1, 0.15) is 31.2 Å². The number of hydrogen-bond donors (Lipinski definition) is 1. The summed E-state index contributed by atoms with van der Waals surface area (Å²) in [5.41, 5.74) is 2.38. The first-order chi connectivity index (χ1) is 14.8. The molecule has 0 bridgehead atoms. The zero-order chi connectivity index (χ0) is 22.0. The van der Waals surface area contributed by atoms with E-state index in [1.807, 2.05) is 19.1 Å². The molecule has 2 aliphatic rings. The lowest BCUT2D eigenvalue weighted by atomic mass is 9.98. The van der Waals surface area contributed by atoms with E-state index in [1.165, 1.54) is 4.31 Å². The summed E-state index contributed by atoms with van der Waals surface area (Å²) in [7, 11) is -3.63. The molecule has 7 nitrogen and oxygen atoms in total. The molecule has 1 N–H and O–H groups in total. The van der Waals surface area contributed by atoms with Crippen LogP contribution in [0.5, 0.6) is 0 Å². The second-order valence-corrected chi connectivity index (χ2v) is 10.1. The van der Waals surface area contributed by atoms with E-state index in [0.717, 1.165) is 17.7 Å². The van der Waals surface area contributed by atoms with Crippen LogP contribution >= 0.6 is 0 Å². The van der Waals surface area contributed by atoms with Crippen LogP contribution in [0.3, 0.4) is 0 Å². The van der Waals surface area contributed by atoms with E-state index in [9.17, 15) is 18.0 Å². The fraction of sp³-hybridized carbons (Fsp3) is 0.391. The molecule has 31 heavy (non-hydrogen) atoms. The lowest BCUT2D eigenvalue weighted by Gasteiger charge is -2.31. The van der Waals surface area contributed by atoms with E-state index in [1.54, 1.807) is 41.3 Å². The molecule has 0 spiro atoms. The lowest BCUT2D eigenvalue weighted by molar-refractivity contribution is -0.121. The van der Waals surface area contributed by atoms with Crippen molar-refractivity contribution in [2.45, 2.75) is 37.5 Å². The van der Waals surface area contributed by atoms with E-state index >= 15 is 0 Å². The first-order valence-corrected chi connectivity index (χ1v) is 12.1. The first-order valence-electron chi connectivity index (χ1n) is 10.6. The van der Waals surface area contributed by atoms with Gasteiger partial charge < -0.3 is 10.2 Å². The number of hydrogen-bond acceptors (Lipinski definition) is 4. The van der Waals surface area contributed by atoms with Gasteiger partial charge >= 0.3 is 0 Å². The Balaban J connectivity index is 1.45. The fourth-order valence-corrected chi connectivity index (χ4v) is 5.67. The first kappa shape index (κ1) is 21.5. The predicted octanol–water partition coefficient (Wildman–Crippen LogP) is 3.16. The Bertz CT molecular complexity index is 1080. The van der Waals surface area contributed by atoms with Crippen LogP contribution in [-0.2, 0) is 19.6 Å². The smallest absolute Gasteiger partial charge is 0.243 e. The lowest BCUT2D eigenvalue weighted by Crippen LogP contribution is -2.43. The van der Waals surface area contributed by atoms with Crippen molar-refractivity contribution in [2.24, 2.45) is 5.92 Å². The van der Waals surface area contributed by atoms with Gasteiger partial charge in [-0.1, -0.05) is 23.8 Å². The molecule has 2 aromatic rings. The van der Waals surface area contributed by atoms with Crippen molar-refractivity contribution in [2.75, 3.05) is 29.9 Å². The maximum Gasteiger partial charge on any atom is 0.243 e. The molecular formula is C23H27N3O4S. The van der Waals surface area contributed by atoms with Gasteiger partial charge in [-0.25, -0.2) is 8.42 Å². The molecule has 164 valence electrons. The number of aryl methyl sites for hydroxylation is 1. The van der Waals surface area contributed by atoms with Crippen molar-refractivity contribution < 1.29 is 18.0 Å². The second-order valence-electron chi connectivity index (χ2n) is 8.20. The molecule has 1 unspecified atom stereocenters. The van der Waals surface area contributed by atoms with Gasteiger partial charge in [-0.2, -0.15) is 4.31 Å². The Morgan fingerprint density at radius 1 is 1.06 bits per heavy atom. The third-order valence-corrected chi connectivity index (χ3v) is 7.79. The Kier molecular flexibility index (Phi) is 6.11. The Labute approximate surface area is 183 Å². The molecular weight excluding hydrogens is 414 g/mol. The molecule has 2 heterocycles. The van der Waals surface area contributed by atoms with Crippen LogP contribution in [0.2, 0.25) is 0 Å². The second kappa shape index (κ2) is 8.80. The van der Waals surface area contributed by atoms with Gasteiger partial charge in [0.25, 0.3) is 0 Å². The summed E-state index contributed by atoms with van der Waals surface area (Å²) in [6.45, 7) is 3.16. The number of anilines is 2. The van der Waals surface area contributed by atoms with E-state index < -0.39 is 15.9 Å². The van der Waals surface area contributed by atoms with Crippen LogP contribution in [0.15, 0.2) is 53.4 Å². The minimum Gasteiger partial charge on any atom is -0.326 e. The molecule has 8 heteroatoms. The maximum absolute atomic E-state index is 13.0. The van der Waals surface area contributed by atoms with Gasteiger partial charge in [0.2, 0.25) is 21.8 Å². The van der Waals surface area contributed by atoms with Gasteiger partial charge in [0.15, 0.2) is 0 Å². The molecule has 0 aromatic heterocycles. The van der Waals surface area contributed by atoms with Gasteiger partial charge in [-0.05, 0) is 56.5 Å². The number of benzene rings is 2. The summed E-state index contributed by atoms with van der Waals surface area (Å²) in [5.74, 6) is -0.535. The molecule has 0 radical (unpaired) electrons. The zero-order valence-corrected chi connectivity index (χ0v) is 18.4. The van der Waals surface area contributed by atoms with Crippen molar-refractivity contribution in [1.82, 2.24) is 4.31 Å². The van der Waals surface area contributed by atoms with Crippen LogP contribution in [0.25, 0.3) is 0 Å². The summed E-state index contributed by atoms with van der Waals surface area (Å²) >= 11 is 0. The van der Waals surface area contributed by atoms with Gasteiger partial charge in [0, 0.05) is 37.4 Å². The van der Waals surface area contributed by atoms with E-state index in [0.29, 0.717) is 38.0 Å². The number of nitrogens with zero attached hydrogens (tertiary/aromatic N) is 2. The van der Waals surface area contributed by atoms with E-state index in [-0.39, 0.29) is 23.3 Å². The zero-order valence-electron chi connectivity index (χ0n) is 17.6. The number of nitrogens with one attached hydrogen (secondary N) is 1. The molecule has 2 amide bonds. The highest BCUT2D eigenvalue weighted by Crippen LogP contribution is 2.27. The third kappa shape index (κ3) is 4.65. The van der Waals surface area contributed by atoms with Crippen LogP contribution in [-0.4, -0.2) is 44.2 Å². The van der Waals surface area contributed by atoms with Gasteiger partial charge in [0.05, 0.1) is 10.8 Å². The largest absolute Gasteiger partial charge is 0.326 e. The number of carbonyl (C=O) groups excluding carboxylic acids is 2. The summed E-state index contributed by atoms with van der Waals surface area (Å²) in [5, 5.41) is 2.91. The van der Waals surface area contributed by atoms with Crippen molar-refractivity contribution in [1.29, 1.82) is 0 Å². The highest BCUT2D eigenvalue weighted by molar-refractivity contribution is 7.89. The van der Waals surface area contributed by atoms with Crippen LogP contribution in [0, 0.1) is 12.8 Å². The molecule has 1 atom stereocenters. The fourth-order valence-electron chi connectivity index (χ4n) is 4.15. The monoisotopic (exact) mass is 441 g/mol.